The van der Waals surface area contributed by atoms with Gasteiger partial charge < -0.3 is 5.11 Å². The molecule has 21 heavy (non-hydrogen) atoms. The SMILES string of the molecule is CC(C)CCCN1C(=O)c2ccc(C(=O)O)cc2S1(=O)=O. The highest BCUT2D eigenvalue weighted by Crippen LogP contribution is 2.31. The van der Waals surface area contributed by atoms with Gasteiger partial charge in [0.15, 0.2) is 0 Å². The summed E-state index contributed by atoms with van der Waals surface area (Å²) in [6, 6.07) is 3.56. The Kier molecular flexibility index (Phi) is 4.04. The Labute approximate surface area is 123 Å². The van der Waals surface area contributed by atoms with E-state index in [4.69, 9.17) is 5.11 Å². The average Bonchev–Trinajstić information content (AvgIpc) is 2.59. The van der Waals surface area contributed by atoms with Crippen molar-refractivity contribution in [3.05, 3.63) is 29.3 Å². The van der Waals surface area contributed by atoms with Gasteiger partial charge in [-0.25, -0.2) is 17.5 Å². The van der Waals surface area contributed by atoms with Crippen LogP contribution in [0.5, 0.6) is 0 Å². The number of carboxylic acids is 1. The van der Waals surface area contributed by atoms with E-state index in [2.05, 4.69) is 0 Å². The van der Waals surface area contributed by atoms with Gasteiger partial charge in [-0.15, -0.1) is 0 Å². The summed E-state index contributed by atoms with van der Waals surface area (Å²) in [6.07, 6.45) is 1.40. The molecule has 0 saturated heterocycles. The van der Waals surface area contributed by atoms with Crippen LogP contribution < -0.4 is 0 Å². The first-order valence-electron chi connectivity index (χ1n) is 6.69. The maximum atomic E-state index is 12.4. The molecular formula is C14H17NO5S. The summed E-state index contributed by atoms with van der Waals surface area (Å²) in [6.45, 7) is 4.17. The lowest BCUT2D eigenvalue weighted by Crippen LogP contribution is -2.31. The second-order valence-corrected chi connectivity index (χ2v) is 7.27. The maximum absolute atomic E-state index is 12.4. The molecule has 2 rings (SSSR count). The molecule has 0 fully saturated rings. The number of carbonyl (C=O) groups is 2. The van der Waals surface area contributed by atoms with Crippen LogP contribution in [0.1, 0.15) is 47.4 Å². The molecule has 114 valence electrons. The van der Waals surface area contributed by atoms with Crippen LogP contribution in [0.2, 0.25) is 0 Å². The van der Waals surface area contributed by atoms with Crippen molar-refractivity contribution in [2.45, 2.75) is 31.6 Å². The first-order chi connectivity index (χ1) is 9.75. The van der Waals surface area contributed by atoms with Crippen molar-refractivity contribution in [2.24, 2.45) is 5.92 Å². The Morgan fingerprint density at radius 3 is 2.57 bits per heavy atom. The highest BCUT2D eigenvalue weighted by molar-refractivity contribution is 7.90. The fourth-order valence-electron chi connectivity index (χ4n) is 2.27. The standard InChI is InChI=1S/C14H17NO5S/c1-9(2)4-3-7-15-13(16)11-6-5-10(14(17)18)8-12(11)21(15,19)20/h5-6,8-9H,3-4,7H2,1-2H3,(H,17,18). The van der Waals surface area contributed by atoms with Gasteiger partial charge in [0, 0.05) is 6.54 Å². The van der Waals surface area contributed by atoms with Gasteiger partial charge in [-0.05, 0) is 37.0 Å². The van der Waals surface area contributed by atoms with Crippen LogP contribution in [0, 0.1) is 5.92 Å². The Morgan fingerprint density at radius 2 is 2.00 bits per heavy atom. The van der Waals surface area contributed by atoms with Crippen molar-refractivity contribution >= 4 is 21.9 Å². The fraction of sp³-hybridized carbons (Fsp3) is 0.429. The van der Waals surface area contributed by atoms with Gasteiger partial charge in [-0.2, -0.15) is 0 Å². The highest BCUT2D eigenvalue weighted by atomic mass is 32.2. The van der Waals surface area contributed by atoms with Crippen LogP contribution in [0.4, 0.5) is 0 Å². The minimum atomic E-state index is -3.93. The molecule has 0 aliphatic carbocycles. The fourth-order valence-corrected chi connectivity index (χ4v) is 3.91. The van der Waals surface area contributed by atoms with E-state index >= 15 is 0 Å². The van der Waals surface area contributed by atoms with Crippen LogP contribution in [-0.4, -0.2) is 36.3 Å². The maximum Gasteiger partial charge on any atom is 0.335 e. The summed E-state index contributed by atoms with van der Waals surface area (Å²) in [7, 11) is -3.93. The smallest absolute Gasteiger partial charge is 0.335 e. The summed E-state index contributed by atoms with van der Waals surface area (Å²) in [5, 5.41) is 8.93. The zero-order valence-electron chi connectivity index (χ0n) is 11.9. The Morgan fingerprint density at radius 1 is 1.33 bits per heavy atom. The van der Waals surface area contributed by atoms with Gasteiger partial charge in [-0.3, -0.25) is 4.79 Å². The zero-order valence-corrected chi connectivity index (χ0v) is 12.7. The number of benzene rings is 1. The number of fused-ring (bicyclic) bond motifs is 1. The van der Waals surface area contributed by atoms with Crippen LogP contribution >= 0.6 is 0 Å². The lowest BCUT2D eigenvalue weighted by molar-refractivity contribution is 0.0695. The van der Waals surface area contributed by atoms with Crippen molar-refractivity contribution in [3.8, 4) is 0 Å². The predicted molar refractivity (Wildman–Crippen MR) is 75.7 cm³/mol. The molecule has 1 heterocycles. The van der Waals surface area contributed by atoms with Crippen molar-refractivity contribution in [3.63, 3.8) is 0 Å². The lowest BCUT2D eigenvalue weighted by atomic mass is 10.1. The van der Waals surface area contributed by atoms with Crippen molar-refractivity contribution < 1.29 is 23.1 Å². The van der Waals surface area contributed by atoms with E-state index < -0.39 is 21.9 Å². The minimum absolute atomic E-state index is 0.0459. The normalized spacial score (nSPS) is 16.3. The quantitative estimate of drug-likeness (QED) is 0.897. The molecule has 0 atom stereocenters. The van der Waals surface area contributed by atoms with E-state index in [0.29, 0.717) is 12.3 Å². The number of carbonyl (C=O) groups excluding carboxylic acids is 1. The molecular weight excluding hydrogens is 294 g/mol. The van der Waals surface area contributed by atoms with Crippen LogP contribution in [0.3, 0.4) is 0 Å². The molecule has 1 N–H and O–H groups in total. The molecule has 1 aliphatic heterocycles. The van der Waals surface area contributed by atoms with Crippen LogP contribution in [0.15, 0.2) is 23.1 Å². The summed E-state index contributed by atoms with van der Waals surface area (Å²) >= 11 is 0. The second kappa shape index (κ2) is 5.48. The summed E-state index contributed by atoms with van der Waals surface area (Å²) in [5.74, 6) is -1.38. The molecule has 1 aromatic rings. The van der Waals surface area contributed by atoms with Crippen LogP contribution in [0.25, 0.3) is 0 Å². The molecule has 0 bridgehead atoms. The number of hydrogen-bond acceptors (Lipinski definition) is 4. The average molecular weight is 311 g/mol. The van der Waals surface area contributed by atoms with E-state index in [1.165, 1.54) is 12.1 Å². The van der Waals surface area contributed by atoms with Gasteiger partial charge in [0.1, 0.15) is 4.90 Å². The number of sulfonamides is 1. The van der Waals surface area contributed by atoms with E-state index in [0.717, 1.165) is 16.8 Å². The first kappa shape index (κ1) is 15.5. The Hall–Kier alpha value is -1.89. The number of aromatic carboxylic acids is 1. The van der Waals surface area contributed by atoms with E-state index in [9.17, 15) is 18.0 Å². The summed E-state index contributed by atoms with van der Waals surface area (Å²) in [4.78, 5) is 22.9. The van der Waals surface area contributed by atoms with E-state index in [1.54, 1.807) is 0 Å². The van der Waals surface area contributed by atoms with Crippen molar-refractivity contribution in [1.29, 1.82) is 0 Å². The van der Waals surface area contributed by atoms with Gasteiger partial charge in [-0.1, -0.05) is 13.8 Å². The molecule has 0 spiro atoms. The third kappa shape index (κ3) is 2.78. The number of nitrogens with zero attached hydrogens (tertiary/aromatic N) is 1. The monoisotopic (exact) mass is 311 g/mol. The lowest BCUT2D eigenvalue weighted by Gasteiger charge is -2.15. The molecule has 1 amide bonds. The van der Waals surface area contributed by atoms with Gasteiger partial charge in [0.2, 0.25) is 0 Å². The van der Waals surface area contributed by atoms with Crippen LogP contribution in [-0.2, 0) is 10.0 Å². The topological polar surface area (TPSA) is 91.8 Å². The Balaban J connectivity index is 2.33. The molecule has 0 unspecified atom stereocenters. The number of amides is 1. The molecule has 0 aromatic heterocycles. The zero-order chi connectivity index (χ0) is 15.8. The Bertz CT molecular complexity index is 693. The molecule has 1 aromatic carbocycles. The van der Waals surface area contributed by atoms with Gasteiger partial charge >= 0.3 is 5.97 Å². The largest absolute Gasteiger partial charge is 0.478 e. The second-order valence-electron chi connectivity index (χ2n) is 5.43. The predicted octanol–water partition coefficient (Wildman–Crippen LogP) is 1.97. The number of carboxylic acid groups (broad SMARTS) is 1. The molecule has 1 aliphatic rings. The number of rotatable bonds is 5. The van der Waals surface area contributed by atoms with Gasteiger partial charge in [0.05, 0.1) is 11.1 Å². The third-order valence-electron chi connectivity index (χ3n) is 3.40. The summed E-state index contributed by atoms with van der Waals surface area (Å²) in [5.41, 5.74) is -0.0984. The highest BCUT2D eigenvalue weighted by Gasteiger charge is 2.41. The molecule has 0 radical (unpaired) electrons. The van der Waals surface area contributed by atoms with Crippen molar-refractivity contribution in [2.75, 3.05) is 6.54 Å². The number of hydrogen-bond donors (Lipinski definition) is 1. The minimum Gasteiger partial charge on any atom is -0.478 e. The molecule has 6 nitrogen and oxygen atoms in total. The first-order valence-corrected chi connectivity index (χ1v) is 8.13. The van der Waals surface area contributed by atoms with E-state index in [-0.39, 0.29) is 22.6 Å². The summed E-state index contributed by atoms with van der Waals surface area (Å²) < 4.78 is 25.6. The molecule has 7 heteroatoms. The van der Waals surface area contributed by atoms with Gasteiger partial charge in [0.25, 0.3) is 15.9 Å². The third-order valence-corrected chi connectivity index (χ3v) is 5.22. The molecule has 0 saturated carbocycles. The van der Waals surface area contributed by atoms with Crippen molar-refractivity contribution in [1.82, 2.24) is 4.31 Å². The van der Waals surface area contributed by atoms with E-state index in [1.807, 2.05) is 13.8 Å².